The lowest BCUT2D eigenvalue weighted by atomic mass is 10.2. The Hall–Kier alpha value is -0.510. The quantitative estimate of drug-likeness (QED) is 0.579. The molecule has 0 unspecified atom stereocenters. The van der Waals surface area contributed by atoms with E-state index in [0.29, 0.717) is 11.3 Å². The highest BCUT2D eigenvalue weighted by atomic mass is 32.2. The van der Waals surface area contributed by atoms with Crippen LogP contribution in [0.15, 0.2) is 10.7 Å². The minimum Gasteiger partial charge on any atom is -0.481 e. The first kappa shape index (κ1) is 8.10. The number of sulfone groups is 1. The number of hydrogen-bond donors (Lipinski definition) is 0. The lowest BCUT2D eigenvalue weighted by molar-refractivity contribution is 0.260. The third-order valence-corrected chi connectivity index (χ3v) is 3.99. The summed E-state index contributed by atoms with van der Waals surface area (Å²) in [5.41, 5.74) is 0. The van der Waals surface area contributed by atoms with E-state index in [1.54, 1.807) is 0 Å². The van der Waals surface area contributed by atoms with E-state index in [9.17, 15) is 8.42 Å². The normalized spacial score (nSPS) is 27.7. The molecule has 0 atom stereocenters. The maximum absolute atomic E-state index is 11.4. The maximum Gasteiger partial charge on any atom is 0.212 e. The minimum atomic E-state index is -3.01. The van der Waals surface area contributed by atoms with Crippen LogP contribution >= 0.6 is 0 Å². The van der Waals surface area contributed by atoms with Crippen molar-refractivity contribution in [3.8, 4) is 0 Å². The van der Waals surface area contributed by atoms with Gasteiger partial charge in [0.05, 0.1) is 4.91 Å². The fourth-order valence-corrected chi connectivity index (χ4v) is 3.13. The van der Waals surface area contributed by atoms with Gasteiger partial charge in [0, 0.05) is 6.42 Å². The molecule has 4 heteroatoms. The lowest BCUT2D eigenvalue weighted by Crippen LogP contribution is -2.02. The molecule has 2 rings (SSSR count). The number of ether oxygens (including phenoxy) is 1. The summed E-state index contributed by atoms with van der Waals surface area (Å²) in [4.78, 5) is 0.583. The van der Waals surface area contributed by atoms with E-state index in [1.165, 1.54) is 0 Å². The predicted octanol–water partition coefficient (Wildman–Crippen LogP) is 1.56. The van der Waals surface area contributed by atoms with Crippen LogP contribution in [0.2, 0.25) is 0 Å². The van der Waals surface area contributed by atoms with Crippen molar-refractivity contribution in [1.82, 2.24) is 0 Å². The molecule has 0 aromatic heterocycles. The fourth-order valence-electron chi connectivity index (χ4n) is 1.73. The molecule has 0 spiro atoms. The first-order valence-electron chi connectivity index (χ1n) is 4.28. The summed E-state index contributed by atoms with van der Waals surface area (Å²) in [5.74, 6) is 0.630. The van der Waals surface area contributed by atoms with Gasteiger partial charge in [-0.3, -0.25) is 0 Å². The van der Waals surface area contributed by atoms with Crippen molar-refractivity contribution in [3.05, 3.63) is 10.7 Å². The summed E-state index contributed by atoms with van der Waals surface area (Å²) < 4.78 is 27.9. The third kappa shape index (κ3) is 1.24. The zero-order valence-corrected chi connectivity index (χ0v) is 7.69. The number of hydrogen-bond acceptors (Lipinski definition) is 3. The molecule has 2 aliphatic rings. The highest BCUT2D eigenvalue weighted by molar-refractivity contribution is 7.95. The van der Waals surface area contributed by atoms with E-state index >= 15 is 0 Å². The average molecular weight is 188 g/mol. The number of rotatable bonds is 0. The zero-order chi connectivity index (χ0) is 8.60. The van der Waals surface area contributed by atoms with Crippen molar-refractivity contribution in [3.63, 3.8) is 0 Å². The first-order valence-corrected chi connectivity index (χ1v) is 5.93. The van der Waals surface area contributed by atoms with Gasteiger partial charge in [0.15, 0.2) is 5.94 Å². The molecule has 68 valence electrons. The summed E-state index contributed by atoms with van der Waals surface area (Å²) in [5, 5.41) is 0. The molecule has 3 nitrogen and oxygen atoms in total. The molecular formula is C8H12O3S. The van der Waals surface area contributed by atoms with Gasteiger partial charge < -0.3 is 4.74 Å². The van der Waals surface area contributed by atoms with Crippen LogP contribution in [0.5, 0.6) is 0 Å². The van der Waals surface area contributed by atoms with E-state index in [2.05, 4.69) is 0 Å². The Balaban J connectivity index is 2.36. The van der Waals surface area contributed by atoms with E-state index < -0.39 is 9.84 Å². The van der Waals surface area contributed by atoms with Crippen LogP contribution < -0.4 is 0 Å². The Morgan fingerprint density at radius 3 is 2.67 bits per heavy atom. The fraction of sp³-hybridized carbons (Fsp3) is 0.750. The summed E-state index contributed by atoms with van der Waals surface area (Å²) in [6.45, 7) is 0. The van der Waals surface area contributed by atoms with E-state index in [0.717, 1.165) is 31.4 Å². The molecule has 0 saturated heterocycles. The van der Waals surface area contributed by atoms with Gasteiger partial charge in [-0.25, -0.2) is 8.42 Å². The van der Waals surface area contributed by atoms with Crippen LogP contribution in [-0.2, 0) is 14.6 Å². The molecule has 0 aromatic carbocycles. The Morgan fingerprint density at radius 2 is 1.83 bits per heavy atom. The molecule has 0 amide bonds. The minimum absolute atomic E-state index is 0.113. The van der Waals surface area contributed by atoms with E-state index in [-0.39, 0.29) is 5.94 Å². The van der Waals surface area contributed by atoms with Crippen molar-refractivity contribution in [2.24, 2.45) is 0 Å². The SMILES string of the molecule is O=S1(=O)COC2=C1CCCCC2. The molecule has 0 N–H and O–H groups in total. The van der Waals surface area contributed by atoms with Crippen LogP contribution in [-0.4, -0.2) is 14.4 Å². The Kier molecular flexibility index (Phi) is 1.87. The first-order chi connectivity index (χ1) is 5.70. The monoisotopic (exact) mass is 188 g/mol. The summed E-state index contributed by atoms with van der Waals surface area (Å²) in [7, 11) is -3.01. The standard InChI is InChI=1S/C8H12O3S/c9-12(10)6-11-7-4-2-1-3-5-8(7)12/h1-6H2. The van der Waals surface area contributed by atoms with Crippen LogP contribution in [0, 0.1) is 0 Å². The molecule has 1 heterocycles. The van der Waals surface area contributed by atoms with Crippen LogP contribution in [0.25, 0.3) is 0 Å². The lowest BCUT2D eigenvalue weighted by Gasteiger charge is -1.98. The largest absolute Gasteiger partial charge is 0.481 e. The molecule has 1 aliphatic heterocycles. The van der Waals surface area contributed by atoms with Gasteiger partial charge in [-0.2, -0.15) is 0 Å². The van der Waals surface area contributed by atoms with E-state index in [1.807, 2.05) is 0 Å². The molecule has 0 saturated carbocycles. The Bertz CT molecular complexity index is 313. The van der Waals surface area contributed by atoms with Crippen LogP contribution in [0.3, 0.4) is 0 Å². The third-order valence-electron chi connectivity index (χ3n) is 2.38. The summed E-state index contributed by atoms with van der Waals surface area (Å²) in [6, 6.07) is 0. The smallest absolute Gasteiger partial charge is 0.212 e. The van der Waals surface area contributed by atoms with Crippen LogP contribution in [0.1, 0.15) is 32.1 Å². The molecule has 0 fully saturated rings. The van der Waals surface area contributed by atoms with Crippen LogP contribution in [0.4, 0.5) is 0 Å². The second-order valence-corrected chi connectivity index (χ2v) is 5.24. The van der Waals surface area contributed by atoms with Gasteiger partial charge in [0.25, 0.3) is 0 Å². The molecular weight excluding hydrogens is 176 g/mol. The van der Waals surface area contributed by atoms with Crippen molar-refractivity contribution in [2.45, 2.75) is 32.1 Å². The van der Waals surface area contributed by atoms with Crippen molar-refractivity contribution >= 4 is 9.84 Å². The molecule has 12 heavy (non-hydrogen) atoms. The van der Waals surface area contributed by atoms with Gasteiger partial charge in [-0.15, -0.1) is 0 Å². The predicted molar refractivity (Wildman–Crippen MR) is 45.0 cm³/mol. The molecule has 0 bridgehead atoms. The maximum atomic E-state index is 11.4. The van der Waals surface area contributed by atoms with Gasteiger partial charge in [0.2, 0.25) is 9.84 Å². The van der Waals surface area contributed by atoms with Gasteiger partial charge >= 0.3 is 0 Å². The molecule has 0 radical (unpaired) electrons. The van der Waals surface area contributed by atoms with E-state index in [4.69, 9.17) is 4.74 Å². The highest BCUT2D eigenvalue weighted by Gasteiger charge is 2.31. The summed E-state index contributed by atoms with van der Waals surface area (Å²) in [6.07, 6.45) is 4.67. The van der Waals surface area contributed by atoms with Crippen molar-refractivity contribution in [2.75, 3.05) is 5.94 Å². The highest BCUT2D eigenvalue weighted by Crippen LogP contribution is 2.33. The topological polar surface area (TPSA) is 43.4 Å². The average Bonchev–Trinajstić information content (AvgIpc) is 2.27. The molecule has 1 aliphatic carbocycles. The number of allylic oxidation sites excluding steroid dienone is 2. The van der Waals surface area contributed by atoms with Gasteiger partial charge in [0.1, 0.15) is 5.76 Å². The second kappa shape index (κ2) is 2.76. The Morgan fingerprint density at radius 1 is 1.08 bits per heavy atom. The van der Waals surface area contributed by atoms with Crippen molar-refractivity contribution in [1.29, 1.82) is 0 Å². The van der Waals surface area contributed by atoms with Gasteiger partial charge in [-0.1, -0.05) is 6.42 Å². The van der Waals surface area contributed by atoms with Gasteiger partial charge in [-0.05, 0) is 19.3 Å². The Labute approximate surface area is 72.3 Å². The summed E-state index contributed by atoms with van der Waals surface area (Å²) >= 11 is 0. The zero-order valence-electron chi connectivity index (χ0n) is 6.88. The second-order valence-electron chi connectivity index (χ2n) is 3.28. The molecule has 0 aromatic rings. The van der Waals surface area contributed by atoms with Crippen molar-refractivity contribution < 1.29 is 13.2 Å².